The van der Waals surface area contributed by atoms with Gasteiger partial charge in [-0.25, -0.2) is 4.79 Å². The number of piperidine rings is 1. The van der Waals surface area contributed by atoms with Gasteiger partial charge in [0.2, 0.25) is 5.95 Å². The second-order valence-electron chi connectivity index (χ2n) is 7.17. The summed E-state index contributed by atoms with van der Waals surface area (Å²) in [5.41, 5.74) is 0.976. The van der Waals surface area contributed by atoms with Crippen LogP contribution in [0.5, 0.6) is 0 Å². The van der Waals surface area contributed by atoms with Gasteiger partial charge < -0.3 is 4.90 Å². The molecule has 2 aromatic heterocycles. The van der Waals surface area contributed by atoms with E-state index in [4.69, 9.17) is 28.2 Å². The molecule has 0 spiro atoms. The third-order valence-corrected chi connectivity index (χ3v) is 6.03. The van der Waals surface area contributed by atoms with Crippen molar-refractivity contribution in [2.45, 2.75) is 25.8 Å². The first-order valence-electron chi connectivity index (χ1n) is 9.23. The smallest absolute Gasteiger partial charge is 0.332 e. The van der Waals surface area contributed by atoms with Crippen molar-refractivity contribution in [1.29, 1.82) is 0 Å². The molecular formula is C19H21Cl2N5O2. The van der Waals surface area contributed by atoms with E-state index >= 15 is 0 Å². The van der Waals surface area contributed by atoms with Crippen LogP contribution in [-0.2, 0) is 20.6 Å². The molecule has 28 heavy (non-hydrogen) atoms. The van der Waals surface area contributed by atoms with Gasteiger partial charge in [-0.1, -0.05) is 29.3 Å². The highest BCUT2D eigenvalue weighted by atomic mass is 35.5. The fourth-order valence-electron chi connectivity index (χ4n) is 3.74. The Morgan fingerprint density at radius 2 is 1.71 bits per heavy atom. The van der Waals surface area contributed by atoms with Crippen molar-refractivity contribution in [2.24, 2.45) is 14.1 Å². The van der Waals surface area contributed by atoms with E-state index in [1.807, 2.05) is 10.6 Å². The first kappa shape index (κ1) is 19.1. The standard InChI is InChI=1S/C19H21Cl2N5O2/c1-23-16-15(17(27)24(2)19(23)28)26(11-12-6-7-13(20)14(21)10-12)18(22-16)25-8-4-3-5-9-25/h6-7,10H,3-5,8-9,11H2,1-2H3. The molecule has 3 aromatic rings. The molecule has 0 amide bonds. The van der Waals surface area contributed by atoms with Gasteiger partial charge in [-0.05, 0) is 37.0 Å². The molecule has 3 heterocycles. The van der Waals surface area contributed by atoms with Crippen LogP contribution in [0.4, 0.5) is 5.95 Å². The summed E-state index contributed by atoms with van der Waals surface area (Å²) in [7, 11) is 3.13. The normalized spacial score (nSPS) is 14.8. The van der Waals surface area contributed by atoms with Crippen LogP contribution < -0.4 is 16.1 Å². The van der Waals surface area contributed by atoms with E-state index in [9.17, 15) is 9.59 Å². The Bertz CT molecular complexity index is 1170. The zero-order chi connectivity index (χ0) is 20.0. The highest BCUT2D eigenvalue weighted by Gasteiger charge is 2.24. The van der Waals surface area contributed by atoms with Crippen LogP contribution >= 0.6 is 23.2 Å². The van der Waals surface area contributed by atoms with Gasteiger partial charge in [0, 0.05) is 27.2 Å². The van der Waals surface area contributed by atoms with E-state index in [1.165, 1.54) is 18.0 Å². The molecule has 1 aliphatic heterocycles. The van der Waals surface area contributed by atoms with Crippen LogP contribution in [0.2, 0.25) is 10.0 Å². The summed E-state index contributed by atoms with van der Waals surface area (Å²) >= 11 is 12.2. The second kappa shape index (κ2) is 7.29. The molecule has 0 atom stereocenters. The summed E-state index contributed by atoms with van der Waals surface area (Å²) in [6.07, 6.45) is 3.34. The van der Waals surface area contributed by atoms with Crippen molar-refractivity contribution >= 4 is 40.3 Å². The highest BCUT2D eigenvalue weighted by molar-refractivity contribution is 6.42. The lowest BCUT2D eigenvalue weighted by molar-refractivity contribution is 0.560. The van der Waals surface area contributed by atoms with Crippen LogP contribution in [0.3, 0.4) is 0 Å². The van der Waals surface area contributed by atoms with E-state index < -0.39 is 0 Å². The number of aryl methyl sites for hydroxylation is 1. The monoisotopic (exact) mass is 421 g/mol. The molecule has 0 saturated carbocycles. The van der Waals surface area contributed by atoms with Crippen LogP contribution in [0.1, 0.15) is 24.8 Å². The number of fused-ring (bicyclic) bond motifs is 1. The Kier molecular flexibility index (Phi) is 4.97. The van der Waals surface area contributed by atoms with Crippen LogP contribution in [0, 0.1) is 0 Å². The minimum absolute atomic E-state index is 0.353. The minimum atomic E-state index is -0.387. The zero-order valence-corrected chi connectivity index (χ0v) is 17.3. The average molecular weight is 422 g/mol. The molecule has 7 nitrogen and oxygen atoms in total. The highest BCUT2D eigenvalue weighted by Crippen LogP contribution is 2.27. The van der Waals surface area contributed by atoms with Gasteiger partial charge in [0.15, 0.2) is 11.2 Å². The zero-order valence-electron chi connectivity index (χ0n) is 15.8. The summed E-state index contributed by atoms with van der Waals surface area (Å²) in [6.45, 7) is 2.16. The van der Waals surface area contributed by atoms with E-state index in [1.54, 1.807) is 19.2 Å². The van der Waals surface area contributed by atoms with Crippen molar-refractivity contribution in [3.05, 3.63) is 54.6 Å². The molecule has 0 unspecified atom stereocenters. The van der Waals surface area contributed by atoms with Crippen molar-refractivity contribution in [3.63, 3.8) is 0 Å². The Balaban J connectivity index is 1.96. The molecule has 148 valence electrons. The molecule has 1 aromatic carbocycles. The molecule has 0 N–H and O–H groups in total. The van der Waals surface area contributed by atoms with Crippen LogP contribution in [-0.4, -0.2) is 31.8 Å². The van der Waals surface area contributed by atoms with Crippen LogP contribution in [0.15, 0.2) is 27.8 Å². The number of imidazole rings is 1. The van der Waals surface area contributed by atoms with Crippen molar-refractivity contribution < 1.29 is 0 Å². The lowest BCUT2D eigenvalue weighted by atomic mass is 10.1. The number of halogens is 2. The number of nitrogens with zero attached hydrogens (tertiary/aromatic N) is 5. The van der Waals surface area contributed by atoms with E-state index in [0.29, 0.717) is 33.7 Å². The maximum absolute atomic E-state index is 13.0. The number of hydrogen-bond acceptors (Lipinski definition) is 4. The predicted octanol–water partition coefficient (Wildman–Crippen LogP) is 2.78. The fourth-order valence-corrected chi connectivity index (χ4v) is 4.06. The predicted molar refractivity (Wildman–Crippen MR) is 112 cm³/mol. The SMILES string of the molecule is Cn1c(=O)c2c(nc(N3CCCCC3)n2Cc2ccc(Cl)c(Cl)c2)n(C)c1=O. The van der Waals surface area contributed by atoms with Gasteiger partial charge in [0.05, 0.1) is 16.6 Å². The van der Waals surface area contributed by atoms with Gasteiger partial charge in [0.25, 0.3) is 5.56 Å². The number of anilines is 1. The Hall–Kier alpha value is -2.25. The number of benzene rings is 1. The third kappa shape index (κ3) is 3.12. The summed E-state index contributed by atoms with van der Waals surface area (Å²) in [6, 6.07) is 5.42. The summed E-state index contributed by atoms with van der Waals surface area (Å²) in [4.78, 5) is 32.2. The van der Waals surface area contributed by atoms with Crippen molar-refractivity contribution in [2.75, 3.05) is 18.0 Å². The molecule has 1 fully saturated rings. The van der Waals surface area contributed by atoms with E-state index in [2.05, 4.69) is 4.90 Å². The number of hydrogen-bond donors (Lipinski definition) is 0. The molecule has 1 aliphatic rings. The topological polar surface area (TPSA) is 65.1 Å². The Morgan fingerprint density at radius 3 is 2.39 bits per heavy atom. The second-order valence-corrected chi connectivity index (χ2v) is 7.99. The molecule has 4 rings (SSSR count). The first-order valence-corrected chi connectivity index (χ1v) is 9.99. The average Bonchev–Trinajstić information content (AvgIpc) is 3.07. The van der Waals surface area contributed by atoms with Crippen molar-refractivity contribution in [1.82, 2.24) is 18.7 Å². The summed E-state index contributed by atoms with van der Waals surface area (Å²) < 4.78 is 4.44. The maximum Gasteiger partial charge on any atom is 0.332 e. The molecule has 1 saturated heterocycles. The minimum Gasteiger partial charge on any atom is -0.342 e. The lowest BCUT2D eigenvalue weighted by Crippen LogP contribution is -2.37. The van der Waals surface area contributed by atoms with Gasteiger partial charge in [-0.2, -0.15) is 4.98 Å². The third-order valence-electron chi connectivity index (χ3n) is 5.29. The number of rotatable bonds is 3. The van der Waals surface area contributed by atoms with Crippen LogP contribution in [0.25, 0.3) is 11.2 Å². The largest absolute Gasteiger partial charge is 0.342 e. The molecule has 0 aliphatic carbocycles. The fraction of sp³-hybridized carbons (Fsp3) is 0.421. The maximum atomic E-state index is 13.0. The first-order chi connectivity index (χ1) is 13.4. The van der Waals surface area contributed by atoms with E-state index in [-0.39, 0.29) is 11.2 Å². The Morgan fingerprint density at radius 1 is 1.00 bits per heavy atom. The lowest BCUT2D eigenvalue weighted by Gasteiger charge is -2.28. The van der Waals surface area contributed by atoms with Gasteiger partial charge >= 0.3 is 5.69 Å². The number of aromatic nitrogens is 4. The molecule has 9 heteroatoms. The molecule has 0 radical (unpaired) electrons. The molecular weight excluding hydrogens is 401 g/mol. The van der Waals surface area contributed by atoms with Gasteiger partial charge in [-0.3, -0.25) is 18.5 Å². The van der Waals surface area contributed by atoms with Gasteiger partial charge in [0.1, 0.15) is 0 Å². The summed E-state index contributed by atoms with van der Waals surface area (Å²) in [5, 5.41) is 0.943. The van der Waals surface area contributed by atoms with Gasteiger partial charge in [-0.15, -0.1) is 0 Å². The summed E-state index contributed by atoms with van der Waals surface area (Å²) in [5.74, 6) is 0.707. The Labute approximate surface area is 171 Å². The van der Waals surface area contributed by atoms with E-state index in [0.717, 1.165) is 36.1 Å². The molecule has 0 bridgehead atoms. The van der Waals surface area contributed by atoms with Crippen molar-refractivity contribution in [3.8, 4) is 0 Å². The quantitative estimate of drug-likeness (QED) is 0.651.